The van der Waals surface area contributed by atoms with E-state index in [0.29, 0.717) is 24.9 Å². The summed E-state index contributed by atoms with van der Waals surface area (Å²) in [5, 5.41) is 14.5. The van der Waals surface area contributed by atoms with Crippen molar-refractivity contribution in [3.63, 3.8) is 0 Å². The third-order valence-corrected chi connectivity index (χ3v) is 3.56. The summed E-state index contributed by atoms with van der Waals surface area (Å²) in [6, 6.07) is 16.0. The van der Waals surface area contributed by atoms with Crippen LogP contribution in [0.1, 0.15) is 12.1 Å². The number of rotatable bonds is 6. The zero-order valence-corrected chi connectivity index (χ0v) is 12.9. The van der Waals surface area contributed by atoms with Crippen LogP contribution in [0.5, 0.6) is 0 Å². The first kappa shape index (κ1) is 15.1. The summed E-state index contributed by atoms with van der Waals surface area (Å²) in [7, 11) is 1.66. The van der Waals surface area contributed by atoms with Gasteiger partial charge in [0.25, 0.3) is 0 Å². The Hall–Kier alpha value is -2.84. The second kappa shape index (κ2) is 6.95. The minimum absolute atomic E-state index is 0.269. The number of nitrogens with zero attached hydrogens (tertiary/aromatic N) is 2. The van der Waals surface area contributed by atoms with Crippen molar-refractivity contribution >= 4 is 16.7 Å². The summed E-state index contributed by atoms with van der Waals surface area (Å²) in [5.41, 5.74) is 1.15. The Morgan fingerprint density at radius 1 is 1.22 bits per heavy atom. The summed E-state index contributed by atoms with van der Waals surface area (Å²) in [5.74, 6) is 0.860. The number of hydrogen-bond acceptors (Lipinski definition) is 5. The number of oxazole rings is 1. The normalized spacial score (nSPS) is 10.6. The molecule has 0 bridgehead atoms. The highest BCUT2D eigenvalue weighted by molar-refractivity contribution is 5.94. The number of aromatic nitrogens is 1. The number of benzene rings is 2. The van der Waals surface area contributed by atoms with Crippen molar-refractivity contribution in [2.75, 3.05) is 25.6 Å². The Labute approximate surface area is 134 Å². The van der Waals surface area contributed by atoms with Crippen molar-refractivity contribution in [2.45, 2.75) is 6.42 Å². The molecule has 0 aliphatic rings. The van der Waals surface area contributed by atoms with Gasteiger partial charge in [-0.1, -0.05) is 36.4 Å². The molecule has 5 heteroatoms. The van der Waals surface area contributed by atoms with Crippen molar-refractivity contribution in [2.24, 2.45) is 0 Å². The molecule has 0 spiro atoms. The summed E-state index contributed by atoms with van der Waals surface area (Å²) in [6.45, 7) is 1.31. The lowest BCUT2D eigenvalue weighted by Gasteiger charge is -2.03. The van der Waals surface area contributed by atoms with Gasteiger partial charge < -0.3 is 14.5 Å². The minimum Gasteiger partial charge on any atom is -0.419 e. The maximum atomic E-state index is 9.26. The molecule has 3 rings (SSSR count). The van der Waals surface area contributed by atoms with Crippen LogP contribution < -0.4 is 5.32 Å². The van der Waals surface area contributed by atoms with Gasteiger partial charge in [0, 0.05) is 25.8 Å². The third kappa shape index (κ3) is 3.17. The first-order valence-corrected chi connectivity index (χ1v) is 7.45. The number of nitrogens with one attached hydrogen (secondary N) is 1. The molecule has 0 radical (unpaired) electrons. The molecule has 116 valence electrons. The Kier molecular flexibility index (Phi) is 4.55. The largest absolute Gasteiger partial charge is 0.419 e. The first-order chi connectivity index (χ1) is 11.3. The van der Waals surface area contributed by atoms with Crippen LogP contribution in [-0.4, -0.2) is 25.2 Å². The van der Waals surface area contributed by atoms with E-state index in [-0.39, 0.29) is 5.69 Å². The zero-order chi connectivity index (χ0) is 16.1. The van der Waals surface area contributed by atoms with Crippen LogP contribution in [0.15, 0.2) is 46.9 Å². The fourth-order valence-corrected chi connectivity index (χ4v) is 2.46. The zero-order valence-electron chi connectivity index (χ0n) is 12.9. The number of methoxy groups -OCH3 is 1. The molecule has 2 aromatic carbocycles. The van der Waals surface area contributed by atoms with Crippen LogP contribution in [0.25, 0.3) is 22.2 Å². The van der Waals surface area contributed by atoms with Crippen LogP contribution in [0.3, 0.4) is 0 Å². The molecule has 23 heavy (non-hydrogen) atoms. The average molecular weight is 307 g/mol. The molecule has 0 fully saturated rings. The fourth-order valence-electron chi connectivity index (χ4n) is 2.46. The van der Waals surface area contributed by atoms with E-state index < -0.39 is 0 Å². The Bertz CT molecular complexity index is 844. The molecule has 1 aromatic heterocycles. The molecule has 1 heterocycles. The van der Waals surface area contributed by atoms with Gasteiger partial charge in [0.1, 0.15) is 6.07 Å². The minimum atomic E-state index is 0.269. The number of anilines is 1. The van der Waals surface area contributed by atoms with E-state index >= 15 is 0 Å². The van der Waals surface area contributed by atoms with E-state index in [0.717, 1.165) is 22.8 Å². The molecule has 0 amide bonds. The van der Waals surface area contributed by atoms with Gasteiger partial charge in [0.2, 0.25) is 17.5 Å². The van der Waals surface area contributed by atoms with Crippen molar-refractivity contribution < 1.29 is 9.15 Å². The van der Waals surface area contributed by atoms with Gasteiger partial charge in [-0.2, -0.15) is 10.2 Å². The van der Waals surface area contributed by atoms with Crippen LogP contribution in [0, 0.1) is 11.3 Å². The van der Waals surface area contributed by atoms with Crippen LogP contribution in [0.2, 0.25) is 0 Å². The molecule has 0 saturated carbocycles. The van der Waals surface area contributed by atoms with E-state index in [1.807, 2.05) is 42.5 Å². The van der Waals surface area contributed by atoms with E-state index in [1.165, 1.54) is 0 Å². The highest BCUT2D eigenvalue weighted by Crippen LogP contribution is 2.31. The molecule has 0 atom stereocenters. The molecule has 0 unspecified atom stereocenters. The maximum Gasteiger partial charge on any atom is 0.232 e. The Morgan fingerprint density at radius 3 is 2.87 bits per heavy atom. The molecular weight excluding hydrogens is 290 g/mol. The predicted octanol–water partition coefficient (Wildman–Crippen LogP) is 3.81. The second-order valence-corrected chi connectivity index (χ2v) is 5.11. The van der Waals surface area contributed by atoms with Crippen LogP contribution in [-0.2, 0) is 4.74 Å². The molecule has 5 nitrogen and oxygen atoms in total. The lowest BCUT2D eigenvalue weighted by atomic mass is 10.0. The van der Waals surface area contributed by atoms with E-state index in [4.69, 9.17) is 9.15 Å². The van der Waals surface area contributed by atoms with Crippen molar-refractivity contribution in [3.8, 4) is 17.5 Å². The second-order valence-electron chi connectivity index (χ2n) is 5.11. The van der Waals surface area contributed by atoms with Gasteiger partial charge in [-0.3, -0.25) is 0 Å². The molecule has 1 N–H and O–H groups in total. The highest BCUT2D eigenvalue weighted by atomic mass is 16.5. The first-order valence-electron chi connectivity index (χ1n) is 7.45. The molecular formula is C18H17N3O2. The van der Waals surface area contributed by atoms with Gasteiger partial charge in [0.05, 0.1) is 0 Å². The lowest BCUT2D eigenvalue weighted by molar-refractivity contribution is 0.197. The Morgan fingerprint density at radius 2 is 2.04 bits per heavy atom. The average Bonchev–Trinajstić information content (AvgIpc) is 3.01. The van der Waals surface area contributed by atoms with E-state index in [2.05, 4.69) is 16.4 Å². The van der Waals surface area contributed by atoms with Crippen molar-refractivity contribution in [1.29, 1.82) is 5.26 Å². The highest BCUT2D eigenvalue weighted by Gasteiger charge is 2.15. The number of hydrogen-bond donors (Lipinski definition) is 1. The van der Waals surface area contributed by atoms with Crippen LogP contribution in [0.4, 0.5) is 5.88 Å². The van der Waals surface area contributed by atoms with Gasteiger partial charge in [-0.25, -0.2) is 0 Å². The number of ether oxygens (including phenoxy) is 1. The summed E-state index contributed by atoms with van der Waals surface area (Å²) >= 11 is 0. The summed E-state index contributed by atoms with van der Waals surface area (Å²) in [4.78, 5) is 4.33. The smallest absolute Gasteiger partial charge is 0.232 e. The van der Waals surface area contributed by atoms with Crippen molar-refractivity contribution in [1.82, 2.24) is 4.98 Å². The quantitative estimate of drug-likeness (QED) is 0.701. The molecule has 0 aliphatic heterocycles. The summed E-state index contributed by atoms with van der Waals surface area (Å²) < 4.78 is 10.8. The van der Waals surface area contributed by atoms with Gasteiger partial charge in [0.15, 0.2) is 0 Å². The standard InChI is InChI=1S/C18H17N3O2/c1-22-11-5-10-20-18-16(12-19)21-17(23-18)15-9-4-7-13-6-2-3-8-14(13)15/h2-4,6-9,20H,5,10-11H2,1H3. The van der Waals surface area contributed by atoms with E-state index in [1.54, 1.807) is 7.11 Å². The van der Waals surface area contributed by atoms with Crippen molar-refractivity contribution in [3.05, 3.63) is 48.2 Å². The van der Waals surface area contributed by atoms with Gasteiger partial charge >= 0.3 is 0 Å². The molecule has 3 aromatic rings. The third-order valence-electron chi connectivity index (χ3n) is 3.56. The topological polar surface area (TPSA) is 71.1 Å². The van der Waals surface area contributed by atoms with Gasteiger partial charge in [-0.15, -0.1) is 0 Å². The monoisotopic (exact) mass is 307 g/mol. The lowest BCUT2D eigenvalue weighted by Crippen LogP contribution is -2.04. The molecule has 0 saturated heterocycles. The number of fused-ring (bicyclic) bond motifs is 1. The summed E-state index contributed by atoms with van der Waals surface area (Å²) in [6.07, 6.45) is 0.825. The predicted molar refractivity (Wildman–Crippen MR) is 89.1 cm³/mol. The van der Waals surface area contributed by atoms with Crippen LogP contribution >= 0.6 is 0 Å². The number of nitriles is 1. The molecule has 0 aliphatic carbocycles. The SMILES string of the molecule is COCCCNc1oc(-c2cccc3ccccc23)nc1C#N. The maximum absolute atomic E-state index is 9.26. The van der Waals surface area contributed by atoms with Gasteiger partial charge in [-0.05, 0) is 23.3 Å². The van der Waals surface area contributed by atoms with E-state index in [9.17, 15) is 5.26 Å². The fraction of sp³-hybridized carbons (Fsp3) is 0.222. The Balaban J connectivity index is 1.94.